The Kier molecular flexibility index (Phi) is 4.88. The number of carbonyl (C=O) groups is 1. The standard InChI is InChI=1S/C16H13NO4S2/c18-15(12-2-1-3-13(10-12)17(19)20)21-14-6-4-11(5-7-14)16-22-8-9-23-16/h1-7,10,16H,8-9H2. The van der Waals surface area contributed by atoms with Gasteiger partial charge in [-0.3, -0.25) is 10.1 Å². The summed E-state index contributed by atoms with van der Waals surface area (Å²) in [7, 11) is 0. The Morgan fingerprint density at radius 2 is 1.83 bits per heavy atom. The van der Waals surface area contributed by atoms with Crippen LogP contribution in [-0.2, 0) is 0 Å². The number of thioether (sulfide) groups is 2. The zero-order chi connectivity index (χ0) is 16.2. The predicted molar refractivity (Wildman–Crippen MR) is 92.2 cm³/mol. The highest BCUT2D eigenvalue weighted by molar-refractivity contribution is 8.19. The van der Waals surface area contributed by atoms with Crippen LogP contribution in [0.3, 0.4) is 0 Å². The number of nitro groups is 1. The molecule has 0 aromatic heterocycles. The molecule has 1 aliphatic rings. The maximum absolute atomic E-state index is 12.1. The molecule has 2 aromatic carbocycles. The van der Waals surface area contributed by atoms with Crippen LogP contribution in [0.15, 0.2) is 48.5 Å². The third-order valence-electron chi connectivity index (χ3n) is 3.28. The first-order valence-electron chi connectivity index (χ1n) is 6.93. The molecule has 23 heavy (non-hydrogen) atoms. The van der Waals surface area contributed by atoms with E-state index < -0.39 is 10.9 Å². The van der Waals surface area contributed by atoms with Gasteiger partial charge in [-0.05, 0) is 23.8 Å². The lowest BCUT2D eigenvalue weighted by Gasteiger charge is -2.09. The Labute approximate surface area is 141 Å². The van der Waals surface area contributed by atoms with E-state index in [0.29, 0.717) is 10.3 Å². The summed E-state index contributed by atoms with van der Waals surface area (Å²) in [4.78, 5) is 22.3. The highest BCUT2D eigenvalue weighted by atomic mass is 32.2. The Bertz CT molecular complexity index is 727. The fraction of sp³-hybridized carbons (Fsp3) is 0.188. The van der Waals surface area contributed by atoms with E-state index in [1.807, 2.05) is 35.7 Å². The zero-order valence-electron chi connectivity index (χ0n) is 12.0. The number of rotatable bonds is 4. The summed E-state index contributed by atoms with van der Waals surface area (Å²) < 4.78 is 5.72. The maximum atomic E-state index is 12.1. The second kappa shape index (κ2) is 7.06. The summed E-state index contributed by atoms with van der Waals surface area (Å²) in [6, 6.07) is 12.9. The van der Waals surface area contributed by atoms with Crippen LogP contribution < -0.4 is 4.74 Å². The largest absolute Gasteiger partial charge is 0.423 e. The van der Waals surface area contributed by atoms with Crippen LogP contribution in [-0.4, -0.2) is 22.4 Å². The SMILES string of the molecule is O=C(Oc1ccc(C2SCCS2)cc1)c1cccc([N+](=O)[O-])c1. The number of non-ortho nitro benzene ring substituents is 1. The number of hydrogen-bond donors (Lipinski definition) is 0. The lowest BCUT2D eigenvalue weighted by Crippen LogP contribution is -2.08. The minimum Gasteiger partial charge on any atom is -0.423 e. The lowest BCUT2D eigenvalue weighted by atomic mass is 10.2. The lowest BCUT2D eigenvalue weighted by molar-refractivity contribution is -0.384. The minimum atomic E-state index is -0.605. The van der Waals surface area contributed by atoms with Crippen LogP contribution in [0.5, 0.6) is 5.75 Å². The monoisotopic (exact) mass is 347 g/mol. The molecule has 118 valence electrons. The van der Waals surface area contributed by atoms with Crippen LogP contribution in [0.1, 0.15) is 20.5 Å². The van der Waals surface area contributed by atoms with Crippen molar-refractivity contribution in [2.24, 2.45) is 0 Å². The van der Waals surface area contributed by atoms with Crippen molar-refractivity contribution in [3.8, 4) is 5.75 Å². The molecule has 0 bridgehead atoms. The minimum absolute atomic E-state index is 0.134. The van der Waals surface area contributed by atoms with E-state index in [4.69, 9.17) is 4.74 Å². The highest BCUT2D eigenvalue weighted by Crippen LogP contribution is 2.45. The number of hydrogen-bond acceptors (Lipinski definition) is 6. The van der Waals surface area contributed by atoms with Gasteiger partial charge in [0.05, 0.1) is 15.1 Å². The molecule has 1 saturated heterocycles. The van der Waals surface area contributed by atoms with Gasteiger partial charge in [0.2, 0.25) is 0 Å². The Balaban J connectivity index is 1.70. The molecule has 0 atom stereocenters. The third-order valence-corrected chi connectivity index (χ3v) is 6.38. The summed E-state index contributed by atoms with van der Waals surface area (Å²) in [5, 5.41) is 10.7. The van der Waals surface area contributed by atoms with Gasteiger partial charge in [-0.2, -0.15) is 0 Å². The van der Waals surface area contributed by atoms with Gasteiger partial charge < -0.3 is 4.74 Å². The molecule has 0 aliphatic carbocycles. The number of carbonyl (C=O) groups excluding carboxylic acids is 1. The summed E-state index contributed by atoms with van der Waals surface area (Å²) in [6.45, 7) is 0. The van der Waals surface area contributed by atoms with Crippen molar-refractivity contribution >= 4 is 35.2 Å². The Hall–Kier alpha value is -1.99. The van der Waals surface area contributed by atoms with Crippen molar-refractivity contribution in [1.82, 2.24) is 0 Å². The average molecular weight is 347 g/mol. The maximum Gasteiger partial charge on any atom is 0.343 e. The molecule has 1 aliphatic heterocycles. The first-order valence-corrected chi connectivity index (χ1v) is 9.03. The Morgan fingerprint density at radius 1 is 1.13 bits per heavy atom. The van der Waals surface area contributed by atoms with Crippen molar-refractivity contribution in [3.05, 3.63) is 69.8 Å². The fourth-order valence-electron chi connectivity index (χ4n) is 2.16. The van der Waals surface area contributed by atoms with Crippen molar-refractivity contribution in [3.63, 3.8) is 0 Å². The molecule has 1 fully saturated rings. The van der Waals surface area contributed by atoms with Gasteiger partial charge in [0.25, 0.3) is 5.69 Å². The van der Waals surface area contributed by atoms with Crippen molar-refractivity contribution < 1.29 is 14.5 Å². The normalized spacial score (nSPS) is 14.6. The van der Waals surface area contributed by atoms with Crippen molar-refractivity contribution in [2.45, 2.75) is 4.58 Å². The predicted octanol–water partition coefficient (Wildman–Crippen LogP) is 4.29. The number of ether oxygens (including phenoxy) is 1. The summed E-state index contributed by atoms with van der Waals surface area (Å²) in [6.07, 6.45) is 0. The first-order chi connectivity index (χ1) is 11.1. The Morgan fingerprint density at radius 3 is 2.48 bits per heavy atom. The molecule has 7 heteroatoms. The van der Waals surface area contributed by atoms with Gasteiger partial charge >= 0.3 is 5.97 Å². The van der Waals surface area contributed by atoms with Gasteiger partial charge in [0, 0.05) is 23.6 Å². The molecular formula is C16H13NO4S2. The molecule has 3 rings (SSSR count). The molecule has 5 nitrogen and oxygen atoms in total. The van der Waals surface area contributed by atoms with E-state index in [9.17, 15) is 14.9 Å². The van der Waals surface area contributed by atoms with Crippen LogP contribution in [0.4, 0.5) is 5.69 Å². The van der Waals surface area contributed by atoms with Gasteiger partial charge in [-0.15, -0.1) is 23.5 Å². The molecule has 0 spiro atoms. The third kappa shape index (κ3) is 3.86. The average Bonchev–Trinajstić information content (AvgIpc) is 3.10. The molecule has 0 unspecified atom stereocenters. The van der Waals surface area contributed by atoms with Crippen LogP contribution in [0.25, 0.3) is 0 Å². The topological polar surface area (TPSA) is 69.4 Å². The zero-order valence-corrected chi connectivity index (χ0v) is 13.6. The van der Waals surface area contributed by atoms with E-state index in [0.717, 1.165) is 11.5 Å². The van der Waals surface area contributed by atoms with Gasteiger partial charge in [-0.1, -0.05) is 18.2 Å². The second-order valence-corrected chi connectivity index (χ2v) is 7.56. The van der Waals surface area contributed by atoms with E-state index in [1.165, 1.54) is 29.8 Å². The summed E-state index contributed by atoms with van der Waals surface area (Å²) in [5.74, 6) is 2.13. The molecule has 0 radical (unpaired) electrons. The second-order valence-electron chi connectivity index (χ2n) is 4.84. The van der Waals surface area contributed by atoms with Crippen molar-refractivity contribution in [1.29, 1.82) is 0 Å². The summed E-state index contributed by atoms with van der Waals surface area (Å²) in [5.41, 5.74) is 1.22. The molecular weight excluding hydrogens is 334 g/mol. The molecule has 0 N–H and O–H groups in total. The molecule has 0 amide bonds. The number of esters is 1. The van der Waals surface area contributed by atoms with E-state index in [1.54, 1.807) is 12.1 Å². The summed E-state index contributed by atoms with van der Waals surface area (Å²) >= 11 is 3.82. The molecule has 1 heterocycles. The van der Waals surface area contributed by atoms with Gasteiger partial charge in [-0.25, -0.2) is 4.79 Å². The van der Waals surface area contributed by atoms with Gasteiger partial charge in [0.1, 0.15) is 5.75 Å². The number of nitrogens with zero attached hydrogens (tertiary/aromatic N) is 1. The number of benzene rings is 2. The number of nitro benzene ring substituents is 1. The van der Waals surface area contributed by atoms with E-state index >= 15 is 0 Å². The van der Waals surface area contributed by atoms with Gasteiger partial charge in [0.15, 0.2) is 0 Å². The van der Waals surface area contributed by atoms with Crippen LogP contribution >= 0.6 is 23.5 Å². The van der Waals surface area contributed by atoms with Crippen molar-refractivity contribution in [2.75, 3.05) is 11.5 Å². The van der Waals surface area contributed by atoms with E-state index in [2.05, 4.69) is 0 Å². The van der Waals surface area contributed by atoms with E-state index in [-0.39, 0.29) is 11.3 Å². The molecule has 2 aromatic rings. The highest BCUT2D eigenvalue weighted by Gasteiger charge is 2.18. The first kappa shape index (κ1) is 15.9. The fourth-order valence-corrected chi connectivity index (χ4v) is 5.02. The quantitative estimate of drug-likeness (QED) is 0.356. The van der Waals surface area contributed by atoms with Crippen LogP contribution in [0.2, 0.25) is 0 Å². The molecule has 0 saturated carbocycles. The smallest absolute Gasteiger partial charge is 0.343 e. The van der Waals surface area contributed by atoms with Crippen LogP contribution in [0, 0.1) is 10.1 Å².